The van der Waals surface area contributed by atoms with Crippen LogP contribution in [0.4, 0.5) is 0 Å². The fourth-order valence-corrected chi connectivity index (χ4v) is 2.43. The maximum absolute atomic E-state index is 11.9. The van der Waals surface area contributed by atoms with Crippen LogP contribution in [0.3, 0.4) is 0 Å². The standard InChI is InChI=1S/C18H17ClO3/c1-12(20)16-11-13(8-10-17(19)18(21)22)7-9-15(16)14-5-3-2-4-6-14/h2-7,9,11,17H,8,10H2,1H3,(H,21,22). The van der Waals surface area contributed by atoms with E-state index in [4.69, 9.17) is 16.7 Å². The number of ketones is 1. The van der Waals surface area contributed by atoms with Crippen molar-refractivity contribution in [3.8, 4) is 11.1 Å². The molecule has 0 aliphatic rings. The van der Waals surface area contributed by atoms with Crippen LogP contribution in [0.2, 0.25) is 0 Å². The SMILES string of the molecule is CC(=O)c1cc(CCC(Cl)C(=O)O)ccc1-c1ccccc1. The van der Waals surface area contributed by atoms with Gasteiger partial charge in [-0.2, -0.15) is 0 Å². The first-order valence-corrected chi connectivity index (χ1v) is 7.49. The first kappa shape index (κ1) is 16.2. The molecule has 1 N–H and O–H groups in total. The highest BCUT2D eigenvalue weighted by Crippen LogP contribution is 2.26. The van der Waals surface area contributed by atoms with Gasteiger partial charge in [0, 0.05) is 5.56 Å². The number of hydrogen-bond donors (Lipinski definition) is 1. The molecular weight excluding hydrogens is 300 g/mol. The van der Waals surface area contributed by atoms with Gasteiger partial charge in [-0.15, -0.1) is 11.6 Å². The van der Waals surface area contributed by atoms with Crippen LogP contribution in [0.1, 0.15) is 29.3 Å². The first-order chi connectivity index (χ1) is 10.5. The van der Waals surface area contributed by atoms with E-state index in [1.54, 1.807) is 0 Å². The Balaban J connectivity index is 2.28. The number of carbonyl (C=O) groups is 2. The molecule has 0 heterocycles. The normalized spacial score (nSPS) is 11.9. The Morgan fingerprint density at radius 3 is 2.41 bits per heavy atom. The van der Waals surface area contributed by atoms with E-state index in [1.807, 2.05) is 48.5 Å². The van der Waals surface area contributed by atoms with Gasteiger partial charge < -0.3 is 5.11 Å². The number of rotatable bonds is 6. The third-order valence-electron chi connectivity index (χ3n) is 3.50. The number of benzene rings is 2. The smallest absolute Gasteiger partial charge is 0.321 e. The van der Waals surface area contributed by atoms with E-state index in [2.05, 4.69) is 0 Å². The van der Waals surface area contributed by atoms with Gasteiger partial charge in [0.1, 0.15) is 5.38 Å². The summed E-state index contributed by atoms with van der Waals surface area (Å²) in [4.78, 5) is 22.7. The van der Waals surface area contributed by atoms with Gasteiger partial charge in [0.2, 0.25) is 0 Å². The Hall–Kier alpha value is -2.13. The molecule has 0 saturated heterocycles. The predicted molar refractivity (Wildman–Crippen MR) is 87.5 cm³/mol. The molecule has 3 nitrogen and oxygen atoms in total. The van der Waals surface area contributed by atoms with E-state index in [0.29, 0.717) is 18.4 Å². The maximum Gasteiger partial charge on any atom is 0.321 e. The number of carbonyl (C=O) groups excluding carboxylic acids is 1. The number of carboxylic acids is 1. The van der Waals surface area contributed by atoms with E-state index in [-0.39, 0.29) is 5.78 Å². The summed E-state index contributed by atoms with van der Waals surface area (Å²) in [6, 6.07) is 15.4. The molecule has 0 fully saturated rings. The van der Waals surface area contributed by atoms with Crippen molar-refractivity contribution in [2.45, 2.75) is 25.1 Å². The number of aryl methyl sites for hydroxylation is 1. The van der Waals surface area contributed by atoms with Crippen LogP contribution in [0.25, 0.3) is 11.1 Å². The molecule has 1 unspecified atom stereocenters. The molecule has 0 spiro atoms. The molecule has 0 saturated carbocycles. The second-order valence-corrected chi connectivity index (χ2v) is 5.67. The van der Waals surface area contributed by atoms with Gasteiger partial charge in [0.25, 0.3) is 0 Å². The highest BCUT2D eigenvalue weighted by molar-refractivity contribution is 6.29. The summed E-state index contributed by atoms with van der Waals surface area (Å²) in [6.45, 7) is 1.53. The van der Waals surface area contributed by atoms with Gasteiger partial charge in [-0.1, -0.05) is 42.5 Å². The highest BCUT2D eigenvalue weighted by atomic mass is 35.5. The Labute approximate surface area is 134 Å². The summed E-state index contributed by atoms with van der Waals surface area (Å²) < 4.78 is 0. The quantitative estimate of drug-likeness (QED) is 0.642. The fourth-order valence-electron chi connectivity index (χ4n) is 2.32. The lowest BCUT2D eigenvalue weighted by atomic mass is 9.94. The van der Waals surface area contributed by atoms with Gasteiger partial charge in [-0.3, -0.25) is 9.59 Å². The van der Waals surface area contributed by atoms with Crippen molar-refractivity contribution in [3.63, 3.8) is 0 Å². The van der Waals surface area contributed by atoms with Crippen LogP contribution in [-0.2, 0) is 11.2 Å². The largest absolute Gasteiger partial charge is 0.480 e. The van der Waals surface area contributed by atoms with Gasteiger partial charge >= 0.3 is 5.97 Å². The van der Waals surface area contributed by atoms with Crippen molar-refractivity contribution in [2.24, 2.45) is 0 Å². The maximum atomic E-state index is 11.9. The van der Waals surface area contributed by atoms with Crippen molar-refractivity contribution in [2.75, 3.05) is 0 Å². The minimum Gasteiger partial charge on any atom is -0.480 e. The lowest BCUT2D eigenvalue weighted by Crippen LogP contribution is -2.14. The Morgan fingerprint density at radius 2 is 1.82 bits per heavy atom. The zero-order valence-corrected chi connectivity index (χ0v) is 13.0. The average Bonchev–Trinajstić information content (AvgIpc) is 2.53. The molecule has 2 aromatic carbocycles. The van der Waals surface area contributed by atoms with Gasteiger partial charge in [-0.05, 0) is 42.5 Å². The first-order valence-electron chi connectivity index (χ1n) is 7.05. The summed E-state index contributed by atoms with van der Waals surface area (Å²) in [7, 11) is 0. The van der Waals surface area contributed by atoms with Crippen LogP contribution in [-0.4, -0.2) is 22.2 Å². The molecular formula is C18H17ClO3. The topological polar surface area (TPSA) is 54.4 Å². The second-order valence-electron chi connectivity index (χ2n) is 5.15. The lowest BCUT2D eigenvalue weighted by Gasteiger charge is -2.11. The number of Topliss-reactive ketones (excluding diaryl/α,β-unsaturated/α-hetero) is 1. The van der Waals surface area contributed by atoms with E-state index in [1.165, 1.54) is 6.92 Å². The number of alkyl halides is 1. The molecule has 0 amide bonds. The van der Waals surface area contributed by atoms with E-state index < -0.39 is 11.3 Å². The number of halogens is 1. The monoisotopic (exact) mass is 316 g/mol. The zero-order chi connectivity index (χ0) is 16.1. The predicted octanol–water partition coefficient (Wildman–Crippen LogP) is 4.18. The third kappa shape index (κ3) is 3.95. The van der Waals surface area contributed by atoms with E-state index in [0.717, 1.165) is 16.7 Å². The summed E-state index contributed by atoms with van der Waals surface area (Å²) in [5.74, 6) is -1.03. The minimum absolute atomic E-state index is 0.0126. The Bertz CT molecular complexity index is 680. The number of carboxylic acid groups (broad SMARTS) is 1. The highest BCUT2D eigenvalue weighted by Gasteiger charge is 2.15. The molecule has 0 aliphatic heterocycles. The van der Waals surface area contributed by atoms with Gasteiger partial charge in [0.05, 0.1) is 0 Å². The van der Waals surface area contributed by atoms with E-state index >= 15 is 0 Å². The third-order valence-corrected chi connectivity index (χ3v) is 3.91. The van der Waals surface area contributed by atoms with Crippen molar-refractivity contribution in [1.82, 2.24) is 0 Å². The Kier molecular flexibility index (Phi) is 5.34. The zero-order valence-electron chi connectivity index (χ0n) is 12.3. The van der Waals surface area contributed by atoms with Crippen LogP contribution >= 0.6 is 11.6 Å². The minimum atomic E-state index is -1.02. The van der Waals surface area contributed by atoms with Crippen molar-refractivity contribution >= 4 is 23.4 Å². The Morgan fingerprint density at radius 1 is 1.14 bits per heavy atom. The summed E-state index contributed by atoms with van der Waals surface area (Å²) in [5, 5.41) is 7.90. The number of aliphatic carboxylic acids is 1. The van der Waals surface area contributed by atoms with Gasteiger partial charge in [0.15, 0.2) is 5.78 Å². The van der Waals surface area contributed by atoms with Crippen molar-refractivity contribution in [1.29, 1.82) is 0 Å². The molecule has 4 heteroatoms. The molecule has 114 valence electrons. The molecule has 0 aliphatic carbocycles. The van der Waals surface area contributed by atoms with Crippen LogP contribution in [0, 0.1) is 0 Å². The average molecular weight is 317 g/mol. The fraction of sp³-hybridized carbons (Fsp3) is 0.222. The number of hydrogen-bond acceptors (Lipinski definition) is 2. The van der Waals surface area contributed by atoms with Crippen LogP contribution in [0.15, 0.2) is 48.5 Å². The van der Waals surface area contributed by atoms with Crippen LogP contribution in [0.5, 0.6) is 0 Å². The molecule has 22 heavy (non-hydrogen) atoms. The van der Waals surface area contributed by atoms with Crippen molar-refractivity contribution in [3.05, 3.63) is 59.7 Å². The molecule has 0 bridgehead atoms. The molecule has 2 aromatic rings. The van der Waals surface area contributed by atoms with Gasteiger partial charge in [-0.25, -0.2) is 0 Å². The lowest BCUT2D eigenvalue weighted by molar-refractivity contribution is -0.136. The van der Waals surface area contributed by atoms with Crippen LogP contribution < -0.4 is 0 Å². The second kappa shape index (κ2) is 7.23. The van der Waals surface area contributed by atoms with E-state index in [9.17, 15) is 9.59 Å². The molecule has 0 radical (unpaired) electrons. The molecule has 1 atom stereocenters. The molecule has 0 aromatic heterocycles. The van der Waals surface area contributed by atoms with Crippen molar-refractivity contribution < 1.29 is 14.7 Å². The summed E-state index contributed by atoms with van der Waals surface area (Å²) in [5.41, 5.74) is 3.43. The summed E-state index contributed by atoms with van der Waals surface area (Å²) in [6.07, 6.45) is 0.856. The molecule has 2 rings (SSSR count). The summed E-state index contributed by atoms with van der Waals surface area (Å²) >= 11 is 5.73.